The molecular weight excluding hydrogens is 172 g/mol. The molecule has 1 heterocycles. The van der Waals surface area contributed by atoms with E-state index < -0.39 is 0 Å². The molecular formula is C9H13ClN2. The summed E-state index contributed by atoms with van der Waals surface area (Å²) in [6.07, 6.45) is 2.71. The Hall–Kier alpha value is -0.630. The second kappa shape index (κ2) is 3.85. The molecule has 66 valence electrons. The van der Waals surface area contributed by atoms with Gasteiger partial charge in [0.25, 0.3) is 0 Å². The molecule has 0 unspecified atom stereocenters. The summed E-state index contributed by atoms with van der Waals surface area (Å²) in [6, 6.07) is 0. The molecule has 0 aliphatic rings. The van der Waals surface area contributed by atoms with Gasteiger partial charge in [0, 0.05) is 0 Å². The maximum Gasteiger partial charge on any atom is 0.150 e. The Morgan fingerprint density at radius 2 is 2.17 bits per heavy atom. The molecule has 0 aliphatic heterocycles. The highest BCUT2D eigenvalue weighted by Crippen LogP contribution is 2.11. The van der Waals surface area contributed by atoms with Gasteiger partial charge in [-0.3, -0.25) is 4.98 Å². The highest BCUT2D eigenvalue weighted by Gasteiger charge is 2.02. The monoisotopic (exact) mass is 184 g/mol. The lowest BCUT2D eigenvalue weighted by atomic mass is 10.1. The third-order valence-corrected chi connectivity index (χ3v) is 1.93. The Labute approximate surface area is 78.0 Å². The van der Waals surface area contributed by atoms with Crippen molar-refractivity contribution >= 4 is 11.6 Å². The first-order chi connectivity index (χ1) is 5.59. The number of rotatable bonds is 2. The molecule has 3 heteroatoms. The van der Waals surface area contributed by atoms with Crippen LogP contribution < -0.4 is 0 Å². The topological polar surface area (TPSA) is 25.8 Å². The van der Waals surface area contributed by atoms with E-state index in [1.54, 1.807) is 6.20 Å². The number of hydrogen-bond acceptors (Lipinski definition) is 2. The van der Waals surface area contributed by atoms with Crippen molar-refractivity contribution in [3.63, 3.8) is 0 Å². The quantitative estimate of drug-likeness (QED) is 0.706. The SMILES string of the molecule is Cc1nc(CC(C)C)cnc1Cl. The zero-order valence-corrected chi connectivity index (χ0v) is 8.39. The van der Waals surface area contributed by atoms with Crippen molar-refractivity contribution < 1.29 is 0 Å². The van der Waals surface area contributed by atoms with Crippen LogP contribution in [0.5, 0.6) is 0 Å². The average Bonchev–Trinajstić information content (AvgIpc) is 1.96. The zero-order chi connectivity index (χ0) is 9.14. The summed E-state index contributed by atoms with van der Waals surface area (Å²) in [5.41, 5.74) is 1.83. The van der Waals surface area contributed by atoms with E-state index in [1.807, 2.05) is 6.92 Å². The Morgan fingerprint density at radius 3 is 2.67 bits per heavy atom. The maximum atomic E-state index is 5.74. The lowest BCUT2D eigenvalue weighted by molar-refractivity contribution is 0.631. The van der Waals surface area contributed by atoms with Gasteiger partial charge < -0.3 is 0 Å². The van der Waals surface area contributed by atoms with Gasteiger partial charge in [0.1, 0.15) is 5.15 Å². The molecule has 0 spiro atoms. The van der Waals surface area contributed by atoms with E-state index in [0.717, 1.165) is 17.8 Å². The third-order valence-electron chi connectivity index (χ3n) is 1.55. The van der Waals surface area contributed by atoms with E-state index in [1.165, 1.54) is 0 Å². The molecule has 0 aromatic carbocycles. The van der Waals surface area contributed by atoms with Crippen molar-refractivity contribution in [3.8, 4) is 0 Å². The van der Waals surface area contributed by atoms with Gasteiger partial charge in [-0.1, -0.05) is 25.4 Å². The Morgan fingerprint density at radius 1 is 1.50 bits per heavy atom. The number of aromatic nitrogens is 2. The maximum absolute atomic E-state index is 5.74. The van der Waals surface area contributed by atoms with Crippen LogP contribution in [0.4, 0.5) is 0 Å². The van der Waals surface area contributed by atoms with Crippen LogP contribution in [0.25, 0.3) is 0 Å². The lowest BCUT2D eigenvalue weighted by Crippen LogP contribution is -2.00. The summed E-state index contributed by atoms with van der Waals surface area (Å²) in [5.74, 6) is 0.611. The number of hydrogen-bond donors (Lipinski definition) is 0. The van der Waals surface area contributed by atoms with E-state index in [0.29, 0.717) is 11.1 Å². The van der Waals surface area contributed by atoms with Gasteiger partial charge in [0.05, 0.1) is 17.6 Å². The summed E-state index contributed by atoms with van der Waals surface area (Å²) in [7, 11) is 0. The molecule has 0 radical (unpaired) electrons. The van der Waals surface area contributed by atoms with E-state index >= 15 is 0 Å². The first-order valence-electron chi connectivity index (χ1n) is 4.07. The highest BCUT2D eigenvalue weighted by molar-refractivity contribution is 6.29. The molecule has 0 amide bonds. The fourth-order valence-corrected chi connectivity index (χ4v) is 1.12. The van der Waals surface area contributed by atoms with Crippen molar-refractivity contribution in [1.29, 1.82) is 0 Å². The minimum atomic E-state index is 0.502. The molecule has 0 bridgehead atoms. The molecule has 0 atom stereocenters. The first-order valence-corrected chi connectivity index (χ1v) is 4.45. The van der Waals surface area contributed by atoms with Gasteiger partial charge >= 0.3 is 0 Å². The van der Waals surface area contributed by atoms with Gasteiger partial charge in [0.2, 0.25) is 0 Å². The van der Waals surface area contributed by atoms with Crippen LogP contribution in [0.15, 0.2) is 6.20 Å². The van der Waals surface area contributed by atoms with E-state index in [4.69, 9.17) is 11.6 Å². The molecule has 2 nitrogen and oxygen atoms in total. The van der Waals surface area contributed by atoms with Crippen molar-refractivity contribution in [3.05, 3.63) is 22.7 Å². The van der Waals surface area contributed by atoms with Crippen molar-refractivity contribution in [2.75, 3.05) is 0 Å². The lowest BCUT2D eigenvalue weighted by Gasteiger charge is -2.04. The van der Waals surface area contributed by atoms with Gasteiger partial charge in [-0.2, -0.15) is 0 Å². The molecule has 0 fully saturated rings. The predicted octanol–water partition coefficient (Wildman–Crippen LogP) is 2.64. The van der Waals surface area contributed by atoms with Crippen LogP contribution in [-0.4, -0.2) is 9.97 Å². The minimum Gasteiger partial charge on any atom is -0.253 e. The van der Waals surface area contributed by atoms with E-state index in [2.05, 4.69) is 23.8 Å². The van der Waals surface area contributed by atoms with Gasteiger partial charge in [0.15, 0.2) is 0 Å². The normalized spacial score (nSPS) is 10.8. The summed E-state index contributed by atoms with van der Waals surface area (Å²) in [5, 5.41) is 0.502. The van der Waals surface area contributed by atoms with Crippen LogP contribution >= 0.6 is 11.6 Å². The van der Waals surface area contributed by atoms with Crippen LogP contribution in [0.2, 0.25) is 5.15 Å². The number of nitrogens with zero attached hydrogens (tertiary/aromatic N) is 2. The molecule has 0 N–H and O–H groups in total. The molecule has 0 saturated carbocycles. The number of halogens is 1. The Balaban J connectivity index is 2.82. The fourth-order valence-electron chi connectivity index (χ4n) is 1.03. The smallest absolute Gasteiger partial charge is 0.150 e. The molecule has 1 aromatic heterocycles. The van der Waals surface area contributed by atoms with Crippen LogP contribution in [0, 0.1) is 12.8 Å². The summed E-state index contributed by atoms with van der Waals surface area (Å²) < 4.78 is 0. The van der Waals surface area contributed by atoms with Crippen LogP contribution in [0.3, 0.4) is 0 Å². The molecule has 1 aromatic rings. The number of aryl methyl sites for hydroxylation is 1. The third kappa shape index (κ3) is 2.45. The van der Waals surface area contributed by atoms with Gasteiger partial charge in [-0.15, -0.1) is 0 Å². The van der Waals surface area contributed by atoms with Crippen molar-refractivity contribution in [2.24, 2.45) is 5.92 Å². The minimum absolute atomic E-state index is 0.502. The van der Waals surface area contributed by atoms with Crippen molar-refractivity contribution in [1.82, 2.24) is 9.97 Å². The molecule has 0 saturated heterocycles. The fraction of sp³-hybridized carbons (Fsp3) is 0.556. The van der Waals surface area contributed by atoms with Crippen LogP contribution in [0.1, 0.15) is 25.2 Å². The van der Waals surface area contributed by atoms with E-state index in [9.17, 15) is 0 Å². The van der Waals surface area contributed by atoms with Crippen molar-refractivity contribution in [2.45, 2.75) is 27.2 Å². The molecule has 1 rings (SSSR count). The second-order valence-electron chi connectivity index (χ2n) is 3.34. The van der Waals surface area contributed by atoms with Gasteiger partial charge in [-0.25, -0.2) is 4.98 Å². The Bertz CT molecular complexity index is 271. The molecule has 0 aliphatic carbocycles. The zero-order valence-electron chi connectivity index (χ0n) is 7.63. The largest absolute Gasteiger partial charge is 0.253 e. The summed E-state index contributed by atoms with van der Waals surface area (Å²) >= 11 is 5.74. The van der Waals surface area contributed by atoms with Crippen LogP contribution in [-0.2, 0) is 6.42 Å². The Kier molecular flexibility index (Phi) is 3.04. The van der Waals surface area contributed by atoms with Gasteiger partial charge in [-0.05, 0) is 19.3 Å². The average molecular weight is 185 g/mol. The first kappa shape index (κ1) is 9.46. The molecule has 12 heavy (non-hydrogen) atoms. The summed E-state index contributed by atoms with van der Waals surface area (Å²) in [4.78, 5) is 8.35. The highest BCUT2D eigenvalue weighted by atomic mass is 35.5. The second-order valence-corrected chi connectivity index (χ2v) is 3.69. The van der Waals surface area contributed by atoms with E-state index in [-0.39, 0.29) is 0 Å². The standard InChI is InChI=1S/C9H13ClN2/c1-6(2)4-8-5-11-9(10)7(3)12-8/h5-6H,4H2,1-3H3. The predicted molar refractivity (Wildman–Crippen MR) is 50.3 cm³/mol. The summed E-state index contributed by atoms with van der Waals surface area (Å²) in [6.45, 7) is 6.19.